The molecule has 0 aliphatic heterocycles. The number of fused-ring (bicyclic) bond motifs is 1. The molecule has 2 aromatic carbocycles. The molecule has 0 saturated heterocycles. The Morgan fingerprint density at radius 2 is 1.84 bits per heavy atom. The molecule has 3 rings (SSSR count). The average Bonchev–Trinajstić information content (AvgIpc) is 2.61. The highest BCUT2D eigenvalue weighted by Crippen LogP contribution is 2.24. The minimum absolute atomic E-state index is 0.327. The van der Waals surface area contributed by atoms with Crippen LogP contribution in [0.3, 0.4) is 0 Å². The number of nitrogens with zero attached hydrogens (tertiary/aromatic N) is 1. The summed E-state index contributed by atoms with van der Waals surface area (Å²) in [5.74, 6) is 0.790. The number of ether oxygens (including phenoxy) is 1. The molecule has 0 saturated carbocycles. The van der Waals surface area contributed by atoms with Gasteiger partial charge in [-0.15, -0.1) is 0 Å². The first-order valence-corrected chi connectivity index (χ1v) is 8.62. The molecule has 0 N–H and O–H groups in total. The van der Waals surface area contributed by atoms with E-state index in [1.807, 2.05) is 43.3 Å². The molecule has 0 fully saturated rings. The topological polar surface area (TPSA) is 42.7 Å². The first-order chi connectivity index (χ1) is 12.1. The van der Waals surface area contributed by atoms with Crippen LogP contribution in [0.5, 0.6) is 5.75 Å². The summed E-state index contributed by atoms with van der Waals surface area (Å²) in [5.41, 5.74) is 3.32. The molecule has 0 bridgehead atoms. The lowest BCUT2D eigenvalue weighted by molar-refractivity contribution is 0.306. The standard InChI is InChI=1S/C21H23NO3/c1-4-22(5-2)17-7-6-8-18(13-17)24-14-16-12-21(23)25-20-10-9-15(3)11-19(16)20/h6-13H,4-5,14H2,1-3H3. The number of anilines is 1. The highest BCUT2D eigenvalue weighted by Gasteiger charge is 2.08. The summed E-state index contributed by atoms with van der Waals surface area (Å²) in [6, 6.07) is 15.3. The van der Waals surface area contributed by atoms with Crippen LogP contribution >= 0.6 is 0 Å². The number of aryl methyl sites for hydroxylation is 1. The van der Waals surface area contributed by atoms with Gasteiger partial charge in [-0.1, -0.05) is 17.7 Å². The molecule has 0 radical (unpaired) electrons. The van der Waals surface area contributed by atoms with Gasteiger partial charge in [0, 0.05) is 41.9 Å². The third kappa shape index (κ3) is 3.85. The summed E-state index contributed by atoms with van der Waals surface area (Å²) < 4.78 is 11.2. The van der Waals surface area contributed by atoms with Crippen LogP contribution in [0.4, 0.5) is 5.69 Å². The highest BCUT2D eigenvalue weighted by molar-refractivity contribution is 5.80. The molecule has 4 nitrogen and oxygen atoms in total. The van der Waals surface area contributed by atoms with Crippen LogP contribution in [0.1, 0.15) is 25.0 Å². The van der Waals surface area contributed by atoms with Crippen molar-refractivity contribution in [2.24, 2.45) is 0 Å². The van der Waals surface area contributed by atoms with Crippen molar-refractivity contribution in [1.29, 1.82) is 0 Å². The van der Waals surface area contributed by atoms with Crippen LogP contribution in [-0.2, 0) is 6.61 Å². The molecule has 0 aliphatic rings. The van der Waals surface area contributed by atoms with Gasteiger partial charge in [0.05, 0.1) is 0 Å². The lowest BCUT2D eigenvalue weighted by atomic mass is 10.1. The maximum Gasteiger partial charge on any atom is 0.336 e. The van der Waals surface area contributed by atoms with E-state index in [9.17, 15) is 4.79 Å². The SMILES string of the molecule is CCN(CC)c1cccc(OCc2cc(=O)oc3ccc(C)cc23)c1. The smallest absolute Gasteiger partial charge is 0.336 e. The van der Waals surface area contributed by atoms with Crippen molar-refractivity contribution in [3.8, 4) is 5.75 Å². The van der Waals surface area contributed by atoms with Crippen LogP contribution in [-0.4, -0.2) is 13.1 Å². The number of hydrogen-bond acceptors (Lipinski definition) is 4. The van der Waals surface area contributed by atoms with Crippen LogP contribution in [0.25, 0.3) is 11.0 Å². The Labute approximate surface area is 147 Å². The molecule has 130 valence electrons. The van der Waals surface area contributed by atoms with Crippen molar-refractivity contribution in [1.82, 2.24) is 0 Å². The fourth-order valence-electron chi connectivity index (χ4n) is 2.98. The van der Waals surface area contributed by atoms with E-state index in [1.54, 1.807) is 0 Å². The summed E-state index contributed by atoms with van der Waals surface area (Å²) in [4.78, 5) is 14.1. The quantitative estimate of drug-likeness (QED) is 0.620. The van der Waals surface area contributed by atoms with Gasteiger partial charge >= 0.3 is 5.63 Å². The first kappa shape index (κ1) is 17.1. The van der Waals surface area contributed by atoms with E-state index in [4.69, 9.17) is 9.15 Å². The van der Waals surface area contributed by atoms with Gasteiger partial charge in [0.25, 0.3) is 0 Å². The average molecular weight is 337 g/mol. The Hall–Kier alpha value is -2.75. The van der Waals surface area contributed by atoms with E-state index in [-0.39, 0.29) is 5.63 Å². The maximum atomic E-state index is 11.8. The van der Waals surface area contributed by atoms with Crippen molar-refractivity contribution in [2.75, 3.05) is 18.0 Å². The van der Waals surface area contributed by atoms with Crippen LogP contribution in [0.15, 0.2) is 57.7 Å². The van der Waals surface area contributed by atoms with Gasteiger partial charge < -0.3 is 14.1 Å². The highest BCUT2D eigenvalue weighted by atomic mass is 16.5. The second-order valence-electron chi connectivity index (χ2n) is 6.05. The van der Waals surface area contributed by atoms with Gasteiger partial charge in [0.15, 0.2) is 0 Å². The van der Waals surface area contributed by atoms with E-state index in [1.165, 1.54) is 6.07 Å². The van der Waals surface area contributed by atoms with Crippen molar-refractivity contribution < 1.29 is 9.15 Å². The molecule has 3 aromatic rings. The molecule has 0 unspecified atom stereocenters. The summed E-state index contributed by atoms with van der Waals surface area (Å²) in [6.45, 7) is 8.51. The van der Waals surface area contributed by atoms with E-state index in [2.05, 4.69) is 24.8 Å². The summed E-state index contributed by atoms with van der Waals surface area (Å²) in [7, 11) is 0. The van der Waals surface area contributed by atoms with Gasteiger partial charge in [-0.2, -0.15) is 0 Å². The van der Waals surface area contributed by atoms with Crippen LogP contribution in [0, 0.1) is 6.92 Å². The Bertz CT molecular complexity index is 926. The molecule has 0 aliphatic carbocycles. The molecule has 0 atom stereocenters. The molecule has 0 spiro atoms. The van der Waals surface area contributed by atoms with Gasteiger partial charge in [-0.3, -0.25) is 0 Å². The molecule has 1 aromatic heterocycles. The van der Waals surface area contributed by atoms with Crippen LogP contribution in [0.2, 0.25) is 0 Å². The largest absolute Gasteiger partial charge is 0.489 e. The summed E-state index contributed by atoms with van der Waals surface area (Å²) in [6.07, 6.45) is 0. The van der Waals surface area contributed by atoms with Crippen molar-refractivity contribution in [3.63, 3.8) is 0 Å². The molecule has 4 heteroatoms. The Morgan fingerprint density at radius 3 is 2.60 bits per heavy atom. The number of benzene rings is 2. The normalized spacial score (nSPS) is 10.8. The third-order valence-electron chi connectivity index (χ3n) is 4.32. The number of rotatable bonds is 6. The minimum Gasteiger partial charge on any atom is -0.489 e. The van der Waals surface area contributed by atoms with Crippen molar-refractivity contribution >= 4 is 16.7 Å². The van der Waals surface area contributed by atoms with E-state index in [0.29, 0.717) is 12.2 Å². The zero-order valence-corrected chi connectivity index (χ0v) is 14.9. The van der Waals surface area contributed by atoms with Gasteiger partial charge in [-0.05, 0) is 45.0 Å². The predicted molar refractivity (Wildman–Crippen MR) is 102 cm³/mol. The number of hydrogen-bond donors (Lipinski definition) is 0. The van der Waals surface area contributed by atoms with E-state index < -0.39 is 0 Å². The lowest BCUT2D eigenvalue weighted by Gasteiger charge is -2.21. The van der Waals surface area contributed by atoms with Gasteiger partial charge in [-0.25, -0.2) is 4.79 Å². The maximum absolute atomic E-state index is 11.8. The molecule has 1 heterocycles. The second kappa shape index (κ2) is 7.43. The Morgan fingerprint density at radius 1 is 1.04 bits per heavy atom. The van der Waals surface area contributed by atoms with E-state index in [0.717, 1.165) is 41.0 Å². The minimum atomic E-state index is -0.355. The predicted octanol–water partition coefficient (Wildman–Crippen LogP) is 4.53. The fourth-order valence-corrected chi connectivity index (χ4v) is 2.98. The monoisotopic (exact) mass is 337 g/mol. The van der Waals surface area contributed by atoms with Crippen molar-refractivity contribution in [2.45, 2.75) is 27.4 Å². The summed E-state index contributed by atoms with van der Waals surface area (Å²) in [5, 5.41) is 0.916. The molecular weight excluding hydrogens is 314 g/mol. The molecule has 0 amide bonds. The second-order valence-corrected chi connectivity index (χ2v) is 6.05. The Balaban J connectivity index is 1.87. The summed E-state index contributed by atoms with van der Waals surface area (Å²) >= 11 is 0. The lowest BCUT2D eigenvalue weighted by Crippen LogP contribution is -2.21. The third-order valence-corrected chi connectivity index (χ3v) is 4.32. The Kier molecular flexibility index (Phi) is 5.08. The van der Waals surface area contributed by atoms with E-state index >= 15 is 0 Å². The fraction of sp³-hybridized carbons (Fsp3) is 0.286. The van der Waals surface area contributed by atoms with Crippen LogP contribution < -0.4 is 15.3 Å². The molecule has 25 heavy (non-hydrogen) atoms. The van der Waals surface area contributed by atoms with Gasteiger partial charge in [0.2, 0.25) is 0 Å². The first-order valence-electron chi connectivity index (χ1n) is 8.62. The van der Waals surface area contributed by atoms with Gasteiger partial charge in [0.1, 0.15) is 17.9 Å². The zero-order valence-electron chi connectivity index (χ0n) is 14.9. The zero-order chi connectivity index (χ0) is 17.8. The molecular formula is C21H23NO3. The van der Waals surface area contributed by atoms with Crippen molar-refractivity contribution in [3.05, 3.63) is 70.1 Å².